The van der Waals surface area contributed by atoms with Crippen molar-refractivity contribution in [2.24, 2.45) is 0 Å². The molecule has 5 rings (SSSR count). The monoisotopic (exact) mass is 624 g/mol. The van der Waals surface area contributed by atoms with E-state index in [-0.39, 0.29) is 23.3 Å². The Labute approximate surface area is 262 Å². The van der Waals surface area contributed by atoms with Gasteiger partial charge in [0, 0.05) is 32.1 Å². The molecule has 3 N–H and O–H groups in total. The van der Waals surface area contributed by atoms with Crippen LogP contribution in [0.4, 0.5) is 10.8 Å². The molecule has 7 nitrogen and oxygen atoms in total. The van der Waals surface area contributed by atoms with E-state index in [1.54, 1.807) is 54.6 Å². The summed E-state index contributed by atoms with van der Waals surface area (Å²) in [5, 5.41) is 11.5. The molecule has 1 heterocycles. The number of carbonyl (C=O) groups excluding carboxylic acids is 3. The molecule has 4 aromatic carbocycles. The predicted octanol–water partition coefficient (Wildman–Crippen LogP) is 7.60. The van der Waals surface area contributed by atoms with Gasteiger partial charge in [-0.05, 0) is 60.2 Å². The quantitative estimate of drug-likeness (QED) is 0.110. The standard InChI is InChI=1S/C33H25ClN4O3S2/c34-25-13-11-23(12-14-25)29-20-43-33(37-29)38-30(39)21-42-27-17-15-26(16-18-27)35-32(41)28(19-22-7-3-1-4-8-22)36-31(40)24-9-5-2-6-10-24/h1-20H,21H2,(H,35,41)(H,36,40)(H,37,38,39)/b28-19-. The van der Waals surface area contributed by atoms with Crippen LogP contribution in [-0.2, 0) is 9.59 Å². The normalized spacial score (nSPS) is 11.0. The van der Waals surface area contributed by atoms with Gasteiger partial charge in [0.15, 0.2) is 5.13 Å². The van der Waals surface area contributed by atoms with E-state index in [0.717, 1.165) is 21.7 Å². The van der Waals surface area contributed by atoms with Gasteiger partial charge in [-0.1, -0.05) is 72.3 Å². The second-order valence-electron chi connectivity index (χ2n) is 9.15. The molecule has 10 heteroatoms. The molecular weight excluding hydrogens is 600 g/mol. The largest absolute Gasteiger partial charge is 0.321 e. The summed E-state index contributed by atoms with van der Waals surface area (Å²) >= 11 is 8.67. The number of thiazole rings is 1. The molecule has 0 atom stereocenters. The first kappa shape index (κ1) is 29.8. The summed E-state index contributed by atoms with van der Waals surface area (Å²) in [5.74, 6) is -0.836. The number of nitrogens with zero attached hydrogens (tertiary/aromatic N) is 1. The molecule has 5 aromatic rings. The first-order valence-electron chi connectivity index (χ1n) is 13.1. The average Bonchev–Trinajstić information content (AvgIpc) is 3.50. The van der Waals surface area contributed by atoms with Crippen molar-refractivity contribution in [1.82, 2.24) is 10.3 Å². The summed E-state index contributed by atoms with van der Waals surface area (Å²) in [7, 11) is 0. The Morgan fingerprint density at radius 3 is 2.19 bits per heavy atom. The number of rotatable bonds is 10. The zero-order chi connectivity index (χ0) is 30.0. The molecule has 0 aliphatic heterocycles. The van der Waals surface area contributed by atoms with E-state index in [9.17, 15) is 14.4 Å². The molecule has 0 radical (unpaired) electrons. The second-order valence-corrected chi connectivity index (χ2v) is 11.5. The van der Waals surface area contributed by atoms with Gasteiger partial charge in [-0.2, -0.15) is 0 Å². The fourth-order valence-electron chi connectivity index (χ4n) is 3.88. The lowest BCUT2D eigenvalue weighted by molar-refractivity contribution is -0.114. The molecule has 0 saturated carbocycles. The first-order valence-corrected chi connectivity index (χ1v) is 15.4. The van der Waals surface area contributed by atoms with Gasteiger partial charge in [0.05, 0.1) is 11.4 Å². The highest BCUT2D eigenvalue weighted by Crippen LogP contribution is 2.27. The van der Waals surface area contributed by atoms with E-state index < -0.39 is 5.91 Å². The molecule has 0 aliphatic rings. The van der Waals surface area contributed by atoms with Crippen LogP contribution in [-0.4, -0.2) is 28.5 Å². The molecule has 0 fully saturated rings. The van der Waals surface area contributed by atoms with E-state index in [4.69, 9.17) is 11.6 Å². The van der Waals surface area contributed by atoms with Crippen molar-refractivity contribution in [1.29, 1.82) is 0 Å². The second kappa shape index (κ2) is 14.5. The number of halogens is 1. The molecule has 0 saturated heterocycles. The Morgan fingerprint density at radius 1 is 0.814 bits per heavy atom. The number of thioether (sulfide) groups is 1. The van der Waals surface area contributed by atoms with Gasteiger partial charge in [0.25, 0.3) is 11.8 Å². The minimum absolute atomic E-state index is 0.108. The van der Waals surface area contributed by atoms with Gasteiger partial charge >= 0.3 is 0 Å². The Bertz CT molecular complexity index is 1740. The highest BCUT2D eigenvalue weighted by Gasteiger charge is 2.15. The van der Waals surface area contributed by atoms with Crippen LogP contribution in [0, 0.1) is 0 Å². The smallest absolute Gasteiger partial charge is 0.272 e. The molecule has 0 aliphatic carbocycles. The molecule has 214 valence electrons. The van der Waals surface area contributed by atoms with Gasteiger partial charge in [0.2, 0.25) is 5.91 Å². The van der Waals surface area contributed by atoms with Crippen molar-refractivity contribution < 1.29 is 14.4 Å². The lowest BCUT2D eigenvalue weighted by atomic mass is 10.1. The summed E-state index contributed by atoms with van der Waals surface area (Å²) in [6, 6.07) is 32.5. The number of hydrogen-bond acceptors (Lipinski definition) is 6. The van der Waals surface area contributed by atoms with Gasteiger partial charge in [-0.3, -0.25) is 14.4 Å². The summed E-state index contributed by atoms with van der Waals surface area (Å²) in [5.41, 5.74) is 3.55. The maximum absolute atomic E-state index is 13.2. The van der Waals surface area contributed by atoms with Crippen molar-refractivity contribution >= 4 is 69.3 Å². The van der Waals surface area contributed by atoms with Crippen LogP contribution < -0.4 is 16.0 Å². The zero-order valence-corrected chi connectivity index (χ0v) is 25.0. The van der Waals surface area contributed by atoms with Crippen LogP contribution in [0.3, 0.4) is 0 Å². The van der Waals surface area contributed by atoms with Gasteiger partial charge in [-0.25, -0.2) is 4.98 Å². The first-order chi connectivity index (χ1) is 20.9. The number of nitrogens with one attached hydrogen (secondary N) is 3. The molecular formula is C33H25ClN4O3S2. The van der Waals surface area contributed by atoms with Crippen molar-refractivity contribution in [3.63, 3.8) is 0 Å². The van der Waals surface area contributed by atoms with Crippen LogP contribution in [0.25, 0.3) is 17.3 Å². The molecule has 0 spiro atoms. The van der Waals surface area contributed by atoms with Crippen LogP contribution in [0.15, 0.2) is 125 Å². The highest BCUT2D eigenvalue weighted by molar-refractivity contribution is 8.00. The number of carbonyl (C=O) groups is 3. The Balaban J connectivity index is 1.17. The predicted molar refractivity (Wildman–Crippen MR) is 175 cm³/mol. The van der Waals surface area contributed by atoms with Crippen LogP contribution in [0.2, 0.25) is 5.02 Å². The number of anilines is 2. The van der Waals surface area contributed by atoms with Crippen LogP contribution in [0.1, 0.15) is 15.9 Å². The third kappa shape index (κ3) is 8.65. The van der Waals surface area contributed by atoms with Gasteiger partial charge in [-0.15, -0.1) is 23.1 Å². The number of hydrogen-bond donors (Lipinski definition) is 3. The third-order valence-electron chi connectivity index (χ3n) is 6.01. The van der Waals surface area contributed by atoms with Crippen molar-refractivity contribution in [2.75, 3.05) is 16.4 Å². The van der Waals surface area contributed by atoms with Crippen LogP contribution >= 0.6 is 34.7 Å². The van der Waals surface area contributed by atoms with Gasteiger partial charge in [0.1, 0.15) is 5.70 Å². The average molecular weight is 625 g/mol. The molecule has 0 unspecified atom stereocenters. The maximum Gasteiger partial charge on any atom is 0.272 e. The van der Waals surface area contributed by atoms with E-state index in [1.807, 2.05) is 66.0 Å². The maximum atomic E-state index is 13.2. The van der Waals surface area contributed by atoms with E-state index in [2.05, 4.69) is 20.9 Å². The summed E-state index contributed by atoms with van der Waals surface area (Å²) in [6.07, 6.45) is 1.62. The minimum atomic E-state index is -0.464. The molecule has 3 amide bonds. The van der Waals surface area contributed by atoms with Crippen molar-refractivity contribution in [2.45, 2.75) is 4.90 Å². The minimum Gasteiger partial charge on any atom is -0.321 e. The van der Waals surface area contributed by atoms with Crippen LogP contribution in [0.5, 0.6) is 0 Å². The molecule has 1 aromatic heterocycles. The summed E-state index contributed by atoms with van der Waals surface area (Å²) < 4.78 is 0. The highest BCUT2D eigenvalue weighted by atomic mass is 35.5. The van der Waals surface area contributed by atoms with E-state index in [1.165, 1.54) is 23.1 Å². The summed E-state index contributed by atoms with van der Waals surface area (Å²) in [6.45, 7) is 0. The molecule has 0 bridgehead atoms. The topological polar surface area (TPSA) is 100 Å². The zero-order valence-electron chi connectivity index (χ0n) is 22.6. The van der Waals surface area contributed by atoms with Crippen molar-refractivity contribution in [3.05, 3.63) is 136 Å². The third-order valence-corrected chi connectivity index (χ3v) is 8.03. The van der Waals surface area contributed by atoms with E-state index >= 15 is 0 Å². The lowest BCUT2D eigenvalue weighted by Gasteiger charge is -2.12. The van der Waals surface area contributed by atoms with Crippen molar-refractivity contribution in [3.8, 4) is 11.3 Å². The summed E-state index contributed by atoms with van der Waals surface area (Å²) in [4.78, 5) is 43.9. The van der Waals surface area contributed by atoms with Gasteiger partial charge < -0.3 is 16.0 Å². The number of benzene rings is 4. The Hall–Kier alpha value is -4.70. The number of amides is 3. The molecule has 43 heavy (non-hydrogen) atoms. The Kier molecular flexibility index (Phi) is 10.0. The Morgan fingerprint density at radius 2 is 1.49 bits per heavy atom. The fraction of sp³-hybridized carbons (Fsp3) is 0.0303. The number of aromatic nitrogens is 1. The fourth-order valence-corrected chi connectivity index (χ4v) is 5.44. The van der Waals surface area contributed by atoms with E-state index in [0.29, 0.717) is 21.4 Å². The lowest BCUT2D eigenvalue weighted by Crippen LogP contribution is -2.30. The SMILES string of the molecule is O=C(CSc1ccc(NC(=O)/C(=C/c2ccccc2)NC(=O)c2ccccc2)cc1)Nc1nc(-c2ccc(Cl)cc2)cs1.